The van der Waals surface area contributed by atoms with E-state index in [2.05, 4.69) is 59.5 Å². The van der Waals surface area contributed by atoms with E-state index >= 15 is 0 Å². The molecule has 3 aromatic rings. The Morgan fingerprint density at radius 1 is 0.806 bits per heavy atom. The molecule has 1 N–H and O–H groups in total. The van der Waals surface area contributed by atoms with Crippen LogP contribution in [-0.4, -0.2) is 23.1 Å². The molecule has 160 valence electrons. The molecule has 0 amide bonds. The minimum absolute atomic E-state index is 0.278. The fourth-order valence-corrected chi connectivity index (χ4v) is 4.52. The number of likely N-dealkylation sites (tertiary alicyclic amines) is 1. The zero-order valence-electron chi connectivity index (χ0n) is 17.9. The number of allylic oxidation sites excluding steroid dienone is 1. The Hall–Kier alpha value is -2.75. The molecule has 0 aromatic heterocycles. The summed E-state index contributed by atoms with van der Waals surface area (Å²) in [6.45, 7) is 1.73. The van der Waals surface area contributed by atoms with Crippen LogP contribution in [0, 0.1) is 5.82 Å². The van der Waals surface area contributed by atoms with Gasteiger partial charge in [-0.05, 0) is 60.1 Å². The van der Waals surface area contributed by atoms with Gasteiger partial charge in [0.25, 0.3) is 0 Å². The summed E-state index contributed by atoms with van der Waals surface area (Å²) in [6.07, 6.45) is 6.85. The predicted octanol–water partition coefficient (Wildman–Crippen LogP) is 6.37. The normalized spacial score (nSPS) is 16.5. The summed E-state index contributed by atoms with van der Waals surface area (Å²) in [6, 6.07) is 27.1. The van der Waals surface area contributed by atoms with Gasteiger partial charge in [0.05, 0.1) is 0 Å². The maximum absolute atomic E-state index is 13.5. The van der Waals surface area contributed by atoms with Gasteiger partial charge < -0.3 is 5.11 Å². The molecule has 1 atom stereocenters. The van der Waals surface area contributed by atoms with Crippen molar-refractivity contribution in [2.75, 3.05) is 13.1 Å². The highest BCUT2D eigenvalue weighted by Crippen LogP contribution is 2.34. The van der Waals surface area contributed by atoms with E-state index < -0.39 is 5.72 Å². The number of halogens is 1. The predicted molar refractivity (Wildman–Crippen MR) is 125 cm³/mol. The summed E-state index contributed by atoms with van der Waals surface area (Å²) in [4.78, 5) is 2.17. The minimum atomic E-state index is -1.09. The van der Waals surface area contributed by atoms with E-state index in [1.54, 1.807) is 12.1 Å². The average Bonchev–Trinajstić information content (AvgIpc) is 2.84. The van der Waals surface area contributed by atoms with E-state index in [4.69, 9.17) is 0 Å². The van der Waals surface area contributed by atoms with Gasteiger partial charge in [0.1, 0.15) is 11.5 Å². The molecule has 0 radical (unpaired) electrons. The van der Waals surface area contributed by atoms with Crippen LogP contribution in [0.4, 0.5) is 4.39 Å². The summed E-state index contributed by atoms with van der Waals surface area (Å²) < 4.78 is 13.5. The largest absolute Gasteiger partial charge is 0.371 e. The summed E-state index contributed by atoms with van der Waals surface area (Å²) in [5, 5.41) is 11.8. The Morgan fingerprint density at radius 2 is 1.35 bits per heavy atom. The van der Waals surface area contributed by atoms with Crippen molar-refractivity contribution in [3.05, 3.63) is 114 Å². The van der Waals surface area contributed by atoms with E-state index in [0.29, 0.717) is 12.8 Å². The smallest absolute Gasteiger partial charge is 0.144 e. The number of hydrogen-bond donors (Lipinski definition) is 1. The molecule has 1 fully saturated rings. The monoisotopic (exact) mass is 415 g/mol. The molecule has 3 heteroatoms. The Morgan fingerprint density at radius 3 is 1.90 bits per heavy atom. The molecule has 3 aromatic carbocycles. The Labute approximate surface area is 184 Å². The van der Waals surface area contributed by atoms with Crippen LogP contribution in [-0.2, 0) is 5.72 Å². The van der Waals surface area contributed by atoms with Crippen LogP contribution in [0.1, 0.15) is 48.8 Å². The van der Waals surface area contributed by atoms with Crippen molar-refractivity contribution in [3.8, 4) is 0 Å². The quantitative estimate of drug-likeness (QED) is 0.485. The van der Waals surface area contributed by atoms with Gasteiger partial charge in [-0.1, -0.05) is 85.3 Å². The van der Waals surface area contributed by atoms with Gasteiger partial charge in [0.2, 0.25) is 0 Å². The number of hydrogen-bond acceptors (Lipinski definition) is 2. The molecule has 1 saturated heterocycles. The lowest BCUT2D eigenvalue weighted by atomic mass is 9.91. The highest BCUT2D eigenvalue weighted by atomic mass is 19.1. The molecular formula is C28H30FNO. The van der Waals surface area contributed by atoms with Crippen molar-refractivity contribution in [1.29, 1.82) is 0 Å². The number of nitrogens with zero attached hydrogens (tertiary/aromatic N) is 1. The zero-order chi connectivity index (χ0) is 21.5. The van der Waals surface area contributed by atoms with E-state index in [1.165, 1.54) is 24.1 Å². The van der Waals surface area contributed by atoms with Gasteiger partial charge in [0, 0.05) is 13.1 Å². The molecule has 4 rings (SSSR count). The highest BCUT2D eigenvalue weighted by Gasteiger charge is 2.36. The second-order valence-corrected chi connectivity index (χ2v) is 8.26. The molecular weight excluding hydrogens is 385 g/mol. The standard InChI is InChI=1S/C28H30FNO/c29-26-18-16-25(17-19-26)28(31,30-21-8-3-9-22-30)20-10-15-27(23-11-4-1-5-12-23)24-13-6-2-7-14-24/h1-2,4-7,11-19,31H,3,8-10,20-22H2. The molecule has 0 aliphatic carbocycles. The van der Waals surface area contributed by atoms with Crippen LogP contribution in [0.2, 0.25) is 0 Å². The van der Waals surface area contributed by atoms with Gasteiger partial charge in [-0.25, -0.2) is 4.39 Å². The Balaban J connectivity index is 1.63. The van der Waals surface area contributed by atoms with Crippen LogP contribution in [0.5, 0.6) is 0 Å². The molecule has 31 heavy (non-hydrogen) atoms. The third kappa shape index (κ3) is 5.12. The molecule has 2 nitrogen and oxygen atoms in total. The van der Waals surface area contributed by atoms with E-state index in [1.807, 2.05) is 12.1 Å². The average molecular weight is 416 g/mol. The fraction of sp³-hybridized carbons (Fsp3) is 0.286. The van der Waals surface area contributed by atoms with Crippen LogP contribution in [0.25, 0.3) is 5.57 Å². The second kappa shape index (κ2) is 10.0. The Bertz CT molecular complexity index is 937. The maximum atomic E-state index is 13.5. The third-order valence-electron chi connectivity index (χ3n) is 6.20. The Kier molecular flexibility index (Phi) is 6.96. The summed E-state index contributed by atoms with van der Waals surface area (Å²) >= 11 is 0. The van der Waals surface area contributed by atoms with Gasteiger partial charge >= 0.3 is 0 Å². The summed E-state index contributed by atoms with van der Waals surface area (Å²) in [5.41, 5.74) is 3.17. The zero-order valence-corrected chi connectivity index (χ0v) is 17.9. The van der Waals surface area contributed by atoms with E-state index in [-0.39, 0.29) is 5.82 Å². The number of rotatable bonds is 7. The first-order valence-corrected chi connectivity index (χ1v) is 11.2. The SMILES string of the molecule is OC(CCC=C(c1ccccc1)c1ccccc1)(c1ccc(F)cc1)N1CCCCC1. The van der Waals surface area contributed by atoms with Gasteiger partial charge in [0.15, 0.2) is 0 Å². The van der Waals surface area contributed by atoms with Crippen molar-refractivity contribution < 1.29 is 9.50 Å². The summed E-state index contributed by atoms with van der Waals surface area (Å²) in [5.74, 6) is -0.278. The topological polar surface area (TPSA) is 23.5 Å². The molecule has 0 bridgehead atoms. The van der Waals surface area contributed by atoms with Gasteiger partial charge in [-0.15, -0.1) is 0 Å². The third-order valence-corrected chi connectivity index (χ3v) is 6.20. The van der Waals surface area contributed by atoms with Crippen molar-refractivity contribution in [2.45, 2.75) is 37.8 Å². The molecule has 1 aliphatic heterocycles. The molecule has 1 aliphatic rings. The number of piperidine rings is 1. The molecule has 0 saturated carbocycles. The lowest BCUT2D eigenvalue weighted by Gasteiger charge is -2.42. The molecule has 0 spiro atoms. The van der Waals surface area contributed by atoms with E-state index in [0.717, 1.165) is 42.6 Å². The maximum Gasteiger partial charge on any atom is 0.144 e. The lowest BCUT2D eigenvalue weighted by molar-refractivity contribution is -0.129. The highest BCUT2D eigenvalue weighted by molar-refractivity contribution is 5.79. The molecule has 1 unspecified atom stereocenters. The van der Waals surface area contributed by atoms with Crippen LogP contribution in [0.3, 0.4) is 0 Å². The lowest BCUT2D eigenvalue weighted by Crippen LogP contribution is -2.48. The number of aliphatic hydroxyl groups is 1. The fourth-order valence-electron chi connectivity index (χ4n) is 4.52. The van der Waals surface area contributed by atoms with Crippen LogP contribution < -0.4 is 0 Å². The first-order chi connectivity index (χ1) is 15.2. The minimum Gasteiger partial charge on any atom is -0.371 e. The van der Waals surface area contributed by atoms with Crippen LogP contribution >= 0.6 is 0 Å². The van der Waals surface area contributed by atoms with Crippen molar-refractivity contribution in [3.63, 3.8) is 0 Å². The van der Waals surface area contributed by atoms with E-state index in [9.17, 15) is 9.50 Å². The van der Waals surface area contributed by atoms with Crippen molar-refractivity contribution in [1.82, 2.24) is 4.90 Å². The van der Waals surface area contributed by atoms with Gasteiger partial charge in [-0.2, -0.15) is 0 Å². The van der Waals surface area contributed by atoms with Crippen molar-refractivity contribution in [2.24, 2.45) is 0 Å². The van der Waals surface area contributed by atoms with Crippen molar-refractivity contribution >= 4 is 5.57 Å². The first kappa shape index (κ1) is 21.5. The first-order valence-electron chi connectivity index (χ1n) is 11.2. The molecule has 1 heterocycles. The summed E-state index contributed by atoms with van der Waals surface area (Å²) in [7, 11) is 0. The van der Waals surface area contributed by atoms with Crippen LogP contribution in [0.15, 0.2) is 91.0 Å². The second-order valence-electron chi connectivity index (χ2n) is 8.26. The number of benzene rings is 3. The van der Waals surface area contributed by atoms with Gasteiger partial charge in [-0.3, -0.25) is 4.90 Å².